The van der Waals surface area contributed by atoms with Gasteiger partial charge < -0.3 is 9.97 Å². The normalized spacial score (nSPS) is 11.4. The van der Waals surface area contributed by atoms with Gasteiger partial charge in [0.05, 0.1) is 0 Å². The van der Waals surface area contributed by atoms with Crippen molar-refractivity contribution in [3.8, 4) is 0 Å². The first-order valence-corrected chi connectivity index (χ1v) is 9.02. The van der Waals surface area contributed by atoms with Gasteiger partial charge in [0.2, 0.25) is 0 Å². The second-order valence-corrected chi connectivity index (χ2v) is 6.80. The predicted octanol–water partition coefficient (Wildman–Crippen LogP) is 5.64. The number of H-pyrrole nitrogens is 2. The van der Waals surface area contributed by atoms with Crippen LogP contribution in [-0.4, -0.2) is 16.3 Å². The van der Waals surface area contributed by atoms with Crippen molar-refractivity contribution in [2.45, 2.75) is 5.92 Å². The van der Waals surface area contributed by atoms with E-state index in [9.17, 15) is 4.79 Å². The topological polar surface area (TPSA) is 48.6 Å². The second kappa shape index (κ2) is 6.29. The minimum absolute atomic E-state index is 0.0252. The Labute approximate surface area is 156 Å². The molecular formula is C24H18N2O. The summed E-state index contributed by atoms with van der Waals surface area (Å²) in [5.41, 5.74) is 6.44. The first-order valence-electron chi connectivity index (χ1n) is 9.02. The van der Waals surface area contributed by atoms with Crippen molar-refractivity contribution in [2.75, 3.05) is 0 Å². The Morgan fingerprint density at radius 3 is 1.89 bits per heavy atom. The maximum atomic E-state index is 11.4. The molecule has 0 atom stereocenters. The summed E-state index contributed by atoms with van der Waals surface area (Å²) in [5, 5.41) is 2.40. The molecule has 130 valence electrons. The van der Waals surface area contributed by atoms with E-state index in [1.807, 2.05) is 30.3 Å². The van der Waals surface area contributed by atoms with E-state index in [1.165, 1.54) is 21.9 Å². The van der Waals surface area contributed by atoms with Gasteiger partial charge in [-0.15, -0.1) is 0 Å². The Morgan fingerprint density at radius 1 is 0.704 bits per heavy atom. The average Bonchev–Trinajstić information content (AvgIpc) is 3.34. The number of hydrogen-bond acceptors (Lipinski definition) is 1. The molecular weight excluding hydrogens is 332 g/mol. The Morgan fingerprint density at radius 2 is 1.30 bits per heavy atom. The number of rotatable bonds is 4. The number of nitrogens with one attached hydrogen (secondary N) is 2. The van der Waals surface area contributed by atoms with E-state index in [-0.39, 0.29) is 5.92 Å². The number of aromatic amines is 2. The van der Waals surface area contributed by atoms with Crippen LogP contribution < -0.4 is 0 Å². The highest BCUT2D eigenvalue weighted by Gasteiger charge is 2.23. The summed E-state index contributed by atoms with van der Waals surface area (Å²) in [6, 6.07) is 24.6. The molecule has 0 saturated heterocycles. The lowest BCUT2D eigenvalue weighted by Crippen LogP contribution is -2.03. The van der Waals surface area contributed by atoms with Crippen LogP contribution in [0.1, 0.15) is 33.0 Å². The van der Waals surface area contributed by atoms with Crippen LogP contribution in [0, 0.1) is 0 Å². The van der Waals surface area contributed by atoms with Crippen LogP contribution in [0.5, 0.6) is 0 Å². The number of carbonyl (C=O) groups excluding carboxylic acids is 1. The summed E-state index contributed by atoms with van der Waals surface area (Å²) in [6.45, 7) is 0. The van der Waals surface area contributed by atoms with Crippen molar-refractivity contribution in [3.63, 3.8) is 0 Å². The number of benzene rings is 3. The first kappa shape index (κ1) is 15.6. The molecule has 2 heterocycles. The zero-order valence-electron chi connectivity index (χ0n) is 14.6. The van der Waals surface area contributed by atoms with Crippen LogP contribution in [0.2, 0.25) is 0 Å². The number of aldehydes is 1. The smallest absolute Gasteiger partial charge is 0.150 e. The summed E-state index contributed by atoms with van der Waals surface area (Å²) < 4.78 is 0. The molecule has 5 aromatic rings. The first-order chi connectivity index (χ1) is 13.3. The molecule has 0 aliphatic carbocycles. The molecule has 0 aliphatic rings. The molecule has 0 radical (unpaired) electrons. The molecule has 0 unspecified atom stereocenters. The third-order valence-electron chi connectivity index (χ3n) is 5.24. The summed E-state index contributed by atoms with van der Waals surface area (Å²) in [4.78, 5) is 18.2. The summed E-state index contributed by atoms with van der Waals surface area (Å²) in [6.07, 6.45) is 5.08. The van der Waals surface area contributed by atoms with E-state index in [0.717, 1.165) is 22.9 Å². The highest BCUT2D eigenvalue weighted by molar-refractivity contribution is 5.89. The monoisotopic (exact) mass is 350 g/mol. The Bertz CT molecular complexity index is 1190. The average molecular weight is 350 g/mol. The lowest BCUT2D eigenvalue weighted by Gasteiger charge is -2.18. The van der Waals surface area contributed by atoms with E-state index in [0.29, 0.717) is 5.56 Å². The van der Waals surface area contributed by atoms with E-state index >= 15 is 0 Å². The summed E-state index contributed by atoms with van der Waals surface area (Å²) >= 11 is 0. The van der Waals surface area contributed by atoms with Crippen molar-refractivity contribution in [1.82, 2.24) is 9.97 Å². The zero-order valence-corrected chi connectivity index (χ0v) is 14.6. The molecule has 0 bridgehead atoms. The van der Waals surface area contributed by atoms with Gasteiger partial charge in [0.25, 0.3) is 0 Å². The largest absolute Gasteiger partial charge is 0.361 e. The van der Waals surface area contributed by atoms with E-state index < -0.39 is 0 Å². The Balaban J connectivity index is 1.81. The molecule has 0 spiro atoms. The van der Waals surface area contributed by atoms with Crippen LogP contribution in [-0.2, 0) is 0 Å². The van der Waals surface area contributed by atoms with Crippen LogP contribution >= 0.6 is 0 Å². The molecule has 0 fully saturated rings. The van der Waals surface area contributed by atoms with Crippen LogP contribution in [0.15, 0.2) is 85.2 Å². The summed E-state index contributed by atoms with van der Waals surface area (Å²) in [7, 11) is 0. The number of aromatic nitrogens is 2. The van der Waals surface area contributed by atoms with Gasteiger partial charge in [-0.25, -0.2) is 0 Å². The predicted molar refractivity (Wildman–Crippen MR) is 109 cm³/mol. The maximum absolute atomic E-state index is 11.4. The third-order valence-corrected chi connectivity index (χ3v) is 5.24. The van der Waals surface area contributed by atoms with Gasteiger partial charge in [-0.05, 0) is 34.9 Å². The van der Waals surface area contributed by atoms with Gasteiger partial charge in [0, 0.05) is 45.7 Å². The Hall–Kier alpha value is -3.59. The van der Waals surface area contributed by atoms with Crippen molar-refractivity contribution in [2.24, 2.45) is 0 Å². The SMILES string of the molecule is O=Cc1cccc(C(c2c[nH]c3ccccc23)c2c[nH]c3ccccc23)c1. The molecule has 3 aromatic carbocycles. The third kappa shape index (κ3) is 2.56. The van der Waals surface area contributed by atoms with Gasteiger partial charge in [-0.3, -0.25) is 4.79 Å². The fourth-order valence-electron chi connectivity index (χ4n) is 4.00. The van der Waals surface area contributed by atoms with Crippen molar-refractivity contribution >= 4 is 28.1 Å². The number of hydrogen-bond donors (Lipinski definition) is 2. The van der Waals surface area contributed by atoms with Gasteiger partial charge in [-0.1, -0.05) is 54.6 Å². The molecule has 27 heavy (non-hydrogen) atoms. The molecule has 0 aliphatic heterocycles. The minimum atomic E-state index is 0.0252. The zero-order chi connectivity index (χ0) is 18.2. The molecule has 2 N–H and O–H groups in total. The second-order valence-electron chi connectivity index (χ2n) is 6.80. The highest BCUT2D eigenvalue weighted by atomic mass is 16.1. The van der Waals surface area contributed by atoms with Gasteiger partial charge in [0.15, 0.2) is 0 Å². The van der Waals surface area contributed by atoms with E-state index in [2.05, 4.69) is 64.8 Å². The van der Waals surface area contributed by atoms with Crippen LogP contribution in [0.4, 0.5) is 0 Å². The van der Waals surface area contributed by atoms with E-state index in [4.69, 9.17) is 0 Å². The van der Waals surface area contributed by atoms with Gasteiger partial charge in [-0.2, -0.15) is 0 Å². The van der Waals surface area contributed by atoms with Crippen molar-refractivity contribution in [3.05, 3.63) is 107 Å². The highest BCUT2D eigenvalue weighted by Crippen LogP contribution is 2.39. The van der Waals surface area contributed by atoms with Gasteiger partial charge in [0.1, 0.15) is 6.29 Å². The molecule has 0 saturated carbocycles. The molecule has 0 amide bonds. The molecule has 5 rings (SSSR count). The number of carbonyl (C=O) groups is 1. The molecule has 3 nitrogen and oxygen atoms in total. The minimum Gasteiger partial charge on any atom is -0.361 e. The van der Waals surface area contributed by atoms with E-state index in [1.54, 1.807) is 0 Å². The summed E-state index contributed by atoms with van der Waals surface area (Å²) in [5.74, 6) is 0.0252. The van der Waals surface area contributed by atoms with Crippen LogP contribution in [0.3, 0.4) is 0 Å². The standard InChI is InChI=1S/C24H18N2O/c27-15-16-6-5-7-17(12-16)24(20-13-25-22-10-3-1-8-18(20)22)21-14-26-23-11-4-2-9-19(21)23/h1-15,24-26H. The fourth-order valence-corrected chi connectivity index (χ4v) is 4.00. The molecule has 3 heteroatoms. The number of para-hydroxylation sites is 2. The lowest BCUT2D eigenvalue weighted by atomic mass is 9.84. The van der Waals surface area contributed by atoms with Gasteiger partial charge >= 0.3 is 0 Å². The quantitative estimate of drug-likeness (QED) is 0.405. The lowest BCUT2D eigenvalue weighted by molar-refractivity contribution is 0.112. The maximum Gasteiger partial charge on any atom is 0.150 e. The van der Waals surface area contributed by atoms with Crippen molar-refractivity contribution < 1.29 is 4.79 Å². The molecule has 2 aromatic heterocycles. The fraction of sp³-hybridized carbons (Fsp3) is 0.0417. The Kier molecular flexibility index (Phi) is 3.65. The van der Waals surface area contributed by atoms with Crippen LogP contribution in [0.25, 0.3) is 21.8 Å². The number of fused-ring (bicyclic) bond motifs is 2. The van der Waals surface area contributed by atoms with Crippen molar-refractivity contribution in [1.29, 1.82) is 0 Å².